The highest BCUT2D eigenvalue weighted by Gasteiger charge is 2.18. The highest BCUT2D eigenvalue weighted by Crippen LogP contribution is 2.25. The number of hydrogen-bond donors (Lipinski definition) is 2. The zero-order valence-electron chi connectivity index (χ0n) is 14.4. The van der Waals surface area contributed by atoms with Gasteiger partial charge in [0, 0.05) is 12.1 Å². The maximum absolute atomic E-state index is 11.9. The summed E-state index contributed by atoms with van der Waals surface area (Å²) in [6.45, 7) is 0. The normalized spacial score (nSPS) is 11.6. The Kier molecular flexibility index (Phi) is 7.01. The fourth-order valence-electron chi connectivity index (χ4n) is 2.71. The van der Waals surface area contributed by atoms with E-state index in [0.29, 0.717) is 25.0 Å². The van der Waals surface area contributed by atoms with E-state index in [2.05, 4.69) is 5.32 Å². The van der Waals surface area contributed by atoms with E-state index in [1.807, 2.05) is 54.6 Å². The molecule has 5 heteroatoms. The molecule has 3 N–H and O–H groups in total. The van der Waals surface area contributed by atoms with Crippen LogP contribution in [0.2, 0.25) is 0 Å². The number of anilines is 1. The van der Waals surface area contributed by atoms with E-state index in [4.69, 9.17) is 10.5 Å². The Hall–Kier alpha value is -2.82. The predicted octanol–water partition coefficient (Wildman–Crippen LogP) is 3.46. The second kappa shape index (κ2) is 9.47. The summed E-state index contributed by atoms with van der Waals surface area (Å²) in [5.74, 6) is -0.0523. The predicted molar refractivity (Wildman–Crippen MR) is 98.5 cm³/mol. The third-order valence-corrected chi connectivity index (χ3v) is 4.04. The van der Waals surface area contributed by atoms with Gasteiger partial charge in [0.25, 0.3) is 0 Å². The molecule has 132 valence electrons. The summed E-state index contributed by atoms with van der Waals surface area (Å²) in [5.41, 5.74) is 7.18. The van der Waals surface area contributed by atoms with Crippen LogP contribution in [0.15, 0.2) is 54.6 Å². The molecule has 0 saturated heterocycles. The van der Waals surface area contributed by atoms with Crippen molar-refractivity contribution in [3.05, 3.63) is 60.2 Å². The number of benzene rings is 2. The van der Waals surface area contributed by atoms with Crippen LogP contribution in [0.25, 0.3) is 0 Å². The summed E-state index contributed by atoms with van der Waals surface area (Å²) in [6.07, 6.45) is 2.47. The maximum Gasteiger partial charge on any atom is 0.224 e. The second-order valence-electron chi connectivity index (χ2n) is 5.89. The summed E-state index contributed by atoms with van der Waals surface area (Å²) < 4.78 is 5.19. The molecule has 1 atom stereocenters. The summed E-state index contributed by atoms with van der Waals surface area (Å²) in [7, 11) is 1.59. The largest absolute Gasteiger partial charge is 0.497 e. The van der Waals surface area contributed by atoms with Crippen LogP contribution in [0.3, 0.4) is 0 Å². The third kappa shape index (κ3) is 5.95. The van der Waals surface area contributed by atoms with Gasteiger partial charge in [0.1, 0.15) is 5.75 Å². The lowest BCUT2D eigenvalue weighted by Gasteiger charge is -2.14. The number of carbonyl (C=O) groups excluding carboxylic acids is 2. The van der Waals surface area contributed by atoms with E-state index >= 15 is 0 Å². The molecule has 0 aliphatic carbocycles. The fourth-order valence-corrected chi connectivity index (χ4v) is 2.71. The first kappa shape index (κ1) is 18.5. The van der Waals surface area contributed by atoms with Crippen LogP contribution in [0.4, 0.5) is 5.69 Å². The molecule has 5 nitrogen and oxygen atoms in total. The van der Waals surface area contributed by atoms with Gasteiger partial charge in [-0.3, -0.25) is 9.59 Å². The average molecular weight is 340 g/mol. The number of unbranched alkanes of at least 4 members (excludes halogenated alkanes) is 1. The first-order valence-corrected chi connectivity index (χ1v) is 8.38. The van der Waals surface area contributed by atoms with Crippen LogP contribution < -0.4 is 15.8 Å². The maximum atomic E-state index is 11.9. The van der Waals surface area contributed by atoms with Crippen molar-refractivity contribution in [2.45, 2.75) is 31.6 Å². The number of hydrogen-bond acceptors (Lipinski definition) is 3. The molecule has 0 fully saturated rings. The van der Waals surface area contributed by atoms with E-state index in [-0.39, 0.29) is 17.7 Å². The molecule has 0 aliphatic rings. The molecule has 25 heavy (non-hydrogen) atoms. The second-order valence-corrected chi connectivity index (χ2v) is 5.89. The van der Waals surface area contributed by atoms with Crippen molar-refractivity contribution in [2.75, 3.05) is 12.4 Å². The molecule has 2 rings (SSSR count). The molecule has 0 spiro atoms. The van der Waals surface area contributed by atoms with Gasteiger partial charge in [0.2, 0.25) is 11.8 Å². The van der Waals surface area contributed by atoms with E-state index < -0.39 is 0 Å². The monoisotopic (exact) mass is 340 g/mol. The number of amides is 2. The fraction of sp³-hybridized carbons (Fsp3) is 0.300. The molecule has 2 aromatic rings. The van der Waals surface area contributed by atoms with Gasteiger partial charge in [-0.2, -0.15) is 0 Å². The molecule has 2 aromatic carbocycles. The Morgan fingerprint density at radius 3 is 2.52 bits per heavy atom. The number of nitrogens with one attached hydrogen (secondary N) is 1. The van der Waals surface area contributed by atoms with Gasteiger partial charge in [-0.05, 0) is 42.7 Å². The SMILES string of the molecule is COc1cccc(C(CCCCC(=O)Nc2ccccc2)C(N)=O)c1. The topological polar surface area (TPSA) is 81.4 Å². The smallest absolute Gasteiger partial charge is 0.224 e. The number of primary amides is 1. The number of methoxy groups -OCH3 is 1. The van der Waals surface area contributed by atoms with Crippen molar-refractivity contribution < 1.29 is 14.3 Å². The van der Waals surface area contributed by atoms with Crippen molar-refractivity contribution in [3.8, 4) is 5.75 Å². The lowest BCUT2D eigenvalue weighted by Crippen LogP contribution is -2.21. The minimum absolute atomic E-state index is 0.0248. The third-order valence-electron chi connectivity index (χ3n) is 4.04. The number of carbonyl (C=O) groups is 2. The molecule has 0 saturated carbocycles. The van der Waals surface area contributed by atoms with Crippen molar-refractivity contribution >= 4 is 17.5 Å². The van der Waals surface area contributed by atoms with Crippen LogP contribution in [-0.2, 0) is 9.59 Å². The van der Waals surface area contributed by atoms with Crippen molar-refractivity contribution in [2.24, 2.45) is 5.73 Å². The number of para-hydroxylation sites is 1. The molecule has 0 bridgehead atoms. The molecule has 0 radical (unpaired) electrons. The molecule has 1 unspecified atom stereocenters. The summed E-state index contributed by atoms with van der Waals surface area (Å²) >= 11 is 0. The summed E-state index contributed by atoms with van der Waals surface area (Å²) in [5, 5.41) is 2.85. The highest BCUT2D eigenvalue weighted by molar-refractivity contribution is 5.90. The van der Waals surface area contributed by atoms with Gasteiger partial charge in [0.05, 0.1) is 13.0 Å². The van der Waals surface area contributed by atoms with E-state index in [1.54, 1.807) is 7.11 Å². The standard InChI is InChI=1S/C20H24N2O3/c1-25-17-11-7-8-15(14-17)18(20(21)24)12-5-6-13-19(23)22-16-9-3-2-4-10-16/h2-4,7-11,14,18H,5-6,12-13H2,1H3,(H2,21,24)(H,22,23). The number of rotatable bonds is 9. The van der Waals surface area contributed by atoms with E-state index in [0.717, 1.165) is 17.7 Å². The van der Waals surface area contributed by atoms with Gasteiger partial charge < -0.3 is 15.8 Å². The lowest BCUT2D eigenvalue weighted by atomic mass is 9.92. The van der Waals surface area contributed by atoms with Gasteiger partial charge in [-0.15, -0.1) is 0 Å². The molecular weight excluding hydrogens is 316 g/mol. The minimum atomic E-state index is -0.368. The van der Waals surface area contributed by atoms with E-state index in [1.165, 1.54) is 0 Å². The quantitative estimate of drug-likeness (QED) is 0.686. The first-order valence-electron chi connectivity index (χ1n) is 8.38. The Morgan fingerprint density at radius 2 is 1.84 bits per heavy atom. The molecule has 0 aromatic heterocycles. The zero-order valence-corrected chi connectivity index (χ0v) is 14.4. The van der Waals surface area contributed by atoms with E-state index in [9.17, 15) is 9.59 Å². The zero-order chi connectivity index (χ0) is 18.1. The van der Waals surface area contributed by atoms with Crippen molar-refractivity contribution in [1.29, 1.82) is 0 Å². The number of ether oxygens (including phenoxy) is 1. The highest BCUT2D eigenvalue weighted by atomic mass is 16.5. The van der Waals surface area contributed by atoms with Gasteiger partial charge in [-0.25, -0.2) is 0 Å². The van der Waals surface area contributed by atoms with Gasteiger partial charge >= 0.3 is 0 Å². The van der Waals surface area contributed by atoms with Crippen LogP contribution in [0.1, 0.15) is 37.2 Å². The van der Waals surface area contributed by atoms with Crippen molar-refractivity contribution in [1.82, 2.24) is 0 Å². The molecular formula is C20H24N2O3. The van der Waals surface area contributed by atoms with Crippen LogP contribution in [0, 0.1) is 0 Å². The van der Waals surface area contributed by atoms with Crippen molar-refractivity contribution in [3.63, 3.8) is 0 Å². The summed E-state index contributed by atoms with van der Waals surface area (Å²) in [4.78, 5) is 23.7. The average Bonchev–Trinajstić information content (AvgIpc) is 2.62. The Labute approximate surface area is 148 Å². The Bertz CT molecular complexity index is 701. The minimum Gasteiger partial charge on any atom is -0.497 e. The van der Waals surface area contributed by atoms with Crippen LogP contribution >= 0.6 is 0 Å². The Morgan fingerprint density at radius 1 is 1.08 bits per heavy atom. The Balaban J connectivity index is 1.81. The van der Waals surface area contributed by atoms with Gasteiger partial charge in [0.15, 0.2) is 0 Å². The van der Waals surface area contributed by atoms with Crippen LogP contribution in [-0.4, -0.2) is 18.9 Å². The van der Waals surface area contributed by atoms with Crippen LogP contribution in [0.5, 0.6) is 5.75 Å². The first-order chi connectivity index (χ1) is 12.1. The lowest BCUT2D eigenvalue weighted by molar-refractivity contribution is -0.119. The number of nitrogens with two attached hydrogens (primary N) is 1. The molecule has 0 aliphatic heterocycles. The molecule has 2 amide bonds. The summed E-state index contributed by atoms with van der Waals surface area (Å²) in [6, 6.07) is 16.7. The molecule has 0 heterocycles. The van der Waals surface area contributed by atoms with Gasteiger partial charge in [-0.1, -0.05) is 36.8 Å².